The highest BCUT2D eigenvalue weighted by atomic mass is 16.4. The minimum atomic E-state index is -1.56. The molecule has 0 aliphatic carbocycles. The summed E-state index contributed by atoms with van der Waals surface area (Å²) in [7, 11) is -1.56. The van der Waals surface area contributed by atoms with E-state index in [-0.39, 0.29) is 5.46 Å². The maximum Gasteiger partial charge on any atom is 0.491 e. The number of hydrogen-bond acceptors (Lipinski definition) is 6. The minimum absolute atomic E-state index is 0.268. The van der Waals surface area contributed by atoms with Gasteiger partial charge in [0, 0.05) is 30.0 Å². The zero-order valence-corrected chi connectivity index (χ0v) is 13.4. The molecule has 0 saturated heterocycles. The first-order valence-corrected chi connectivity index (χ1v) is 7.50. The zero-order valence-electron chi connectivity index (χ0n) is 13.4. The van der Waals surface area contributed by atoms with Crippen molar-refractivity contribution in [2.45, 2.75) is 33.7 Å². The molecule has 118 valence electrons. The minimum Gasteiger partial charge on any atom is -0.423 e. The van der Waals surface area contributed by atoms with Crippen molar-refractivity contribution in [1.29, 1.82) is 0 Å². The summed E-state index contributed by atoms with van der Waals surface area (Å²) < 4.78 is 2.01. The lowest BCUT2D eigenvalue weighted by molar-refractivity contribution is 0.425. The molecule has 0 fully saturated rings. The Bertz CT molecular complexity index is 845. The summed E-state index contributed by atoms with van der Waals surface area (Å²) in [6, 6.07) is 2.02. The zero-order chi connectivity index (χ0) is 16.6. The van der Waals surface area contributed by atoms with Crippen molar-refractivity contribution in [3.05, 3.63) is 41.4 Å². The molecule has 2 N–H and O–H groups in total. The van der Waals surface area contributed by atoms with Crippen LogP contribution in [0.4, 0.5) is 0 Å². The topological polar surface area (TPSA) is 97.0 Å². The fourth-order valence-electron chi connectivity index (χ4n) is 2.61. The normalized spacial score (nSPS) is 11.2. The second-order valence-corrected chi connectivity index (χ2v) is 5.53. The predicted molar refractivity (Wildman–Crippen MR) is 87.3 cm³/mol. The van der Waals surface area contributed by atoms with Crippen molar-refractivity contribution in [2.75, 3.05) is 0 Å². The van der Waals surface area contributed by atoms with Gasteiger partial charge in [-0.1, -0.05) is 6.92 Å². The van der Waals surface area contributed by atoms with Crippen LogP contribution in [0.5, 0.6) is 0 Å². The largest absolute Gasteiger partial charge is 0.491 e. The van der Waals surface area contributed by atoms with Crippen LogP contribution in [0.15, 0.2) is 18.5 Å². The molecular weight excluding hydrogens is 293 g/mol. The highest BCUT2D eigenvalue weighted by molar-refractivity contribution is 6.58. The van der Waals surface area contributed by atoms with Gasteiger partial charge in [-0.25, -0.2) is 19.9 Å². The molecule has 0 amide bonds. The molecule has 0 atom stereocenters. The van der Waals surface area contributed by atoms with Gasteiger partial charge in [0.15, 0.2) is 5.65 Å². The maximum absolute atomic E-state index is 9.11. The van der Waals surface area contributed by atoms with Gasteiger partial charge in [-0.2, -0.15) is 0 Å². The molecule has 0 radical (unpaired) electrons. The number of rotatable bonds is 4. The van der Waals surface area contributed by atoms with E-state index in [1.807, 2.05) is 31.4 Å². The van der Waals surface area contributed by atoms with E-state index in [1.165, 1.54) is 12.4 Å². The van der Waals surface area contributed by atoms with E-state index in [0.29, 0.717) is 12.4 Å². The van der Waals surface area contributed by atoms with Gasteiger partial charge < -0.3 is 14.6 Å². The van der Waals surface area contributed by atoms with Gasteiger partial charge in [0.05, 0.1) is 6.54 Å². The lowest BCUT2D eigenvalue weighted by Crippen LogP contribution is -2.31. The summed E-state index contributed by atoms with van der Waals surface area (Å²) in [6.07, 6.45) is 3.62. The van der Waals surface area contributed by atoms with Crippen LogP contribution < -0.4 is 5.46 Å². The van der Waals surface area contributed by atoms with Crippen molar-refractivity contribution in [2.24, 2.45) is 0 Å². The molecule has 3 rings (SSSR count). The predicted octanol–water partition coefficient (Wildman–Crippen LogP) is 0.129. The molecule has 0 aliphatic rings. The lowest BCUT2D eigenvalue weighted by atomic mass is 9.83. The Hall–Kier alpha value is -2.32. The molecular formula is C15H18BN5O2. The second kappa shape index (κ2) is 6.06. The van der Waals surface area contributed by atoms with Crippen LogP contribution >= 0.6 is 0 Å². The Morgan fingerprint density at radius 1 is 1.13 bits per heavy atom. The van der Waals surface area contributed by atoms with Crippen LogP contribution in [-0.2, 0) is 13.0 Å². The molecule has 3 aromatic rings. The molecule has 0 saturated carbocycles. The second-order valence-electron chi connectivity index (χ2n) is 5.53. The molecule has 7 nitrogen and oxygen atoms in total. The highest BCUT2D eigenvalue weighted by Gasteiger charge is 2.16. The number of imidazole rings is 1. The third-order valence-electron chi connectivity index (χ3n) is 3.74. The maximum atomic E-state index is 9.11. The van der Waals surface area contributed by atoms with Crippen LogP contribution in [0.3, 0.4) is 0 Å². The summed E-state index contributed by atoms with van der Waals surface area (Å²) in [5, 5.41) is 18.2. The van der Waals surface area contributed by atoms with Crippen molar-refractivity contribution in [1.82, 2.24) is 24.5 Å². The fraction of sp³-hybridized carbons (Fsp3) is 0.333. The summed E-state index contributed by atoms with van der Waals surface area (Å²) in [4.78, 5) is 17.7. The molecule has 3 heterocycles. The van der Waals surface area contributed by atoms with Gasteiger partial charge in [-0.15, -0.1) is 0 Å². The fourth-order valence-corrected chi connectivity index (χ4v) is 2.61. The molecule has 0 unspecified atom stereocenters. The SMILES string of the molecule is CCc1nc2c(C)cc(C)nc2n1Cc1ncc(B(O)O)cn1. The molecule has 3 aromatic heterocycles. The standard InChI is InChI=1S/C15H18BN5O2/c1-4-13-20-14-9(2)5-10(3)19-15(14)21(13)8-12-17-6-11(7-18-12)16(22)23/h5-7,22-23H,4,8H2,1-3H3. The number of aryl methyl sites for hydroxylation is 3. The first kappa shape index (κ1) is 15.6. The first-order valence-electron chi connectivity index (χ1n) is 7.50. The molecule has 8 heteroatoms. The van der Waals surface area contributed by atoms with Crippen molar-refractivity contribution in [3.63, 3.8) is 0 Å². The van der Waals surface area contributed by atoms with E-state index in [4.69, 9.17) is 10.0 Å². The average molecular weight is 311 g/mol. The van der Waals surface area contributed by atoms with Gasteiger partial charge in [0.25, 0.3) is 0 Å². The summed E-state index contributed by atoms with van der Waals surface area (Å²) in [6.45, 7) is 6.48. The Kier molecular flexibility index (Phi) is 4.10. The Labute approximate surface area is 134 Å². The Balaban J connectivity index is 2.04. The van der Waals surface area contributed by atoms with E-state index in [1.54, 1.807) is 0 Å². The number of nitrogens with zero attached hydrogens (tertiary/aromatic N) is 5. The summed E-state index contributed by atoms with van der Waals surface area (Å²) in [5.74, 6) is 1.50. The summed E-state index contributed by atoms with van der Waals surface area (Å²) in [5.41, 5.74) is 4.04. The molecule has 0 aliphatic heterocycles. The Morgan fingerprint density at radius 2 is 1.83 bits per heavy atom. The van der Waals surface area contributed by atoms with Crippen molar-refractivity contribution < 1.29 is 10.0 Å². The van der Waals surface area contributed by atoms with Gasteiger partial charge in [0.2, 0.25) is 0 Å². The van der Waals surface area contributed by atoms with Crippen LogP contribution in [0.25, 0.3) is 11.2 Å². The molecule has 0 spiro atoms. The number of pyridine rings is 1. The van der Waals surface area contributed by atoms with E-state index in [9.17, 15) is 0 Å². The smallest absolute Gasteiger partial charge is 0.423 e. The number of aromatic nitrogens is 5. The van der Waals surface area contributed by atoms with E-state index in [0.717, 1.165) is 34.7 Å². The highest BCUT2D eigenvalue weighted by Crippen LogP contribution is 2.20. The quantitative estimate of drug-likeness (QED) is 0.665. The van der Waals surface area contributed by atoms with Crippen molar-refractivity contribution in [3.8, 4) is 0 Å². The van der Waals surface area contributed by atoms with Crippen molar-refractivity contribution >= 4 is 23.7 Å². The monoisotopic (exact) mass is 311 g/mol. The summed E-state index contributed by atoms with van der Waals surface area (Å²) >= 11 is 0. The van der Waals surface area contributed by atoms with Gasteiger partial charge in [-0.3, -0.25) is 0 Å². The molecule has 0 bridgehead atoms. The van der Waals surface area contributed by atoms with E-state index >= 15 is 0 Å². The van der Waals surface area contributed by atoms with Gasteiger partial charge in [-0.05, 0) is 25.5 Å². The molecule has 23 heavy (non-hydrogen) atoms. The number of fused-ring (bicyclic) bond motifs is 1. The van der Waals surface area contributed by atoms with Crippen LogP contribution in [-0.4, -0.2) is 41.7 Å². The third kappa shape index (κ3) is 2.95. The molecule has 0 aromatic carbocycles. The van der Waals surface area contributed by atoms with Gasteiger partial charge in [0.1, 0.15) is 17.2 Å². The van der Waals surface area contributed by atoms with E-state index in [2.05, 4.69) is 19.9 Å². The average Bonchev–Trinajstić information content (AvgIpc) is 2.86. The van der Waals surface area contributed by atoms with Crippen LogP contribution in [0.1, 0.15) is 29.8 Å². The van der Waals surface area contributed by atoms with E-state index < -0.39 is 7.12 Å². The lowest BCUT2D eigenvalue weighted by Gasteiger charge is -2.07. The van der Waals surface area contributed by atoms with Crippen LogP contribution in [0.2, 0.25) is 0 Å². The van der Waals surface area contributed by atoms with Gasteiger partial charge >= 0.3 is 7.12 Å². The first-order chi connectivity index (χ1) is 11.0. The number of hydrogen-bond donors (Lipinski definition) is 2. The van der Waals surface area contributed by atoms with Crippen LogP contribution in [0, 0.1) is 13.8 Å². The third-order valence-corrected chi connectivity index (χ3v) is 3.74. The Morgan fingerprint density at radius 3 is 2.43 bits per heavy atom.